The summed E-state index contributed by atoms with van der Waals surface area (Å²) in [5.74, 6) is 0.423. The summed E-state index contributed by atoms with van der Waals surface area (Å²) in [6, 6.07) is 31.6. The molecule has 4 heteroatoms. The van der Waals surface area contributed by atoms with Gasteiger partial charge in [-0.3, -0.25) is 5.10 Å². The van der Waals surface area contributed by atoms with Gasteiger partial charge in [0.15, 0.2) is 0 Å². The maximum Gasteiger partial charge on any atom is 0.142 e. The van der Waals surface area contributed by atoms with Gasteiger partial charge in [0.25, 0.3) is 0 Å². The molecule has 1 aromatic heterocycles. The minimum absolute atomic E-state index is 0.236. The SMILES string of the molecule is C1=CC(c2ccccc2)(c2ccccc2)Cc2[nH]nc(/C(=N\OCc3ccccc3)C3CC3)c21. The summed E-state index contributed by atoms with van der Waals surface area (Å²) in [5, 5.41) is 12.7. The average molecular weight is 446 g/mol. The second kappa shape index (κ2) is 8.79. The smallest absolute Gasteiger partial charge is 0.142 e. The molecule has 1 heterocycles. The number of aromatic amines is 1. The largest absolute Gasteiger partial charge is 0.391 e. The predicted octanol–water partition coefficient (Wildman–Crippen LogP) is 6.30. The normalized spacial score (nSPS) is 16.8. The van der Waals surface area contributed by atoms with Gasteiger partial charge in [-0.15, -0.1) is 0 Å². The number of hydrogen-bond acceptors (Lipinski definition) is 3. The third kappa shape index (κ3) is 3.86. The number of rotatable bonds is 7. The Morgan fingerprint density at radius 1 is 0.882 bits per heavy atom. The fourth-order valence-electron chi connectivity index (χ4n) is 4.91. The highest BCUT2D eigenvalue weighted by atomic mass is 16.6. The molecule has 34 heavy (non-hydrogen) atoms. The molecule has 1 fully saturated rings. The lowest BCUT2D eigenvalue weighted by atomic mass is 9.68. The third-order valence-corrected chi connectivity index (χ3v) is 6.89. The van der Waals surface area contributed by atoms with Gasteiger partial charge in [0, 0.05) is 29.0 Å². The molecule has 2 aliphatic rings. The van der Waals surface area contributed by atoms with Crippen LogP contribution < -0.4 is 0 Å². The van der Waals surface area contributed by atoms with Gasteiger partial charge in [-0.2, -0.15) is 5.10 Å². The summed E-state index contributed by atoms with van der Waals surface area (Å²) < 4.78 is 0. The molecule has 6 rings (SSSR count). The zero-order valence-corrected chi connectivity index (χ0v) is 19.0. The van der Waals surface area contributed by atoms with E-state index in [4.69, 9.17) is 9.94 Å². The Labute approximate surface area is 200 Å². The van der Waals surface area contributed by atoms with Crippen molar-refractivity contribution in [2.24, 2.45) is 11.1 Å². The maximum atomic E-state index is 5.79. The van der Waals surface area contributed by atoms with Crippen LogP contribution in [0.2, 0.25) is 0 Å². The van der Waals surface area contributed by atoms with Crippen LogP contribution in [0.4, 0.5) is 0 Å². The summed E-state index contributed by atoms with van der Waals surface area (Å²) in [4.78, 5) is 5.79. The summed E-state index contributed by atoms with van der Waals surface area (Å²) in [6.45, 7) is 0.463. The van der Waals surface area contributed by atoms with E-state index in [0.717, 1.165) is 47.5 Å². The first-order chi connectivity index (χ1) is 16.8. The fraction of sp³-hybridized carbons (Fsp3) is 0.200. The molecule has 4 aromatic rings. The quantitative estimate of drug-likeness (QED) is 0.268. The molecule has 0 spiro atoms. The maximum absolute atomic E-state index is 5.79. The van der Waals surface area contributed by atoms with Crippen LogP contribution in [0.25, 0.3) is 6.08 Å². The first kappa shape index (κ1) is 20.7. The Bertz CT molecular complexity index is 1280. The van der Waals surface area contributed by atoms with Crippen molar-refractivity contribution in [1.29, 1.82) is 0 Å². The van der Waals surface area contributed by atoms with E-state index in [9.17, 15) is 0 Å². The van der Waals surface area contributed by atoms with Gasteiger partial charge in [-0.25, -0.2) is 0 Å². The van der Waals surface area contributed by atoms with Gasteiger partial charge in [0.05, 0.1) is 0 Å². The Balaban J connectivity index is 1.34. The highest BCUT2D eigenvalue weighted by Crippen LogP contribution is 2.43. The van der Waals surface area contributed by atoms with Gasteiger partial charge in [0.1, 0.15) is 18.0 Å². The van der Waals surface area contributed by atoms with E-state index in [-0.39, 0.29) is 5.41 Å². The van der Waals surface area contributed by atoms with Crippen LogP contribution in [-0.4, -0.2) is 15.9 Å². The van der Waals surface area contributed by atoms with Crippen molar-refractivity contribution in [3.63, 3.8) is 0 Å². The zero-order valence-electron chi connectivity index (χ0n) is 19.0. The summed E-state index contributed by atoms with van der Waals surface area (Å²) >= 11 is 0. The van der Waals surface area contributed by atoms with Crippen molar-refractivity contribution in [2.45, 2.75) is 31.3 Å². The Morgan fingerprint density at radius 2 is 1.50 bits per heavy atom. The van der Waals surface area contributed by atoms with E-state index in [0.29, 0.717) is 12.5 Å². The number of H-pyrrole nitrogens is 1. The molecular weight excluding hydrogens is 418 g/mol. The van der Waals surface area contributed by atoms with Crippen molar-refractivity contribution in [3.05, 3.63) is 131 Å². The number of benzene rings is 3. The van der Waals surface area contributed by atoms with Crippen LogP contribution in [0.15, 0.2) is 102 Å². The molecule has 168 valence electrons. The second-order valence-electron chi connectivity index (χ2n) is 9.19. The van der Waals surface area contributed by atoms with Crippen LogP contribution in [0.3, 0.4) is 0 Å². The van der Waals surface area contributed by atoms with Crippen molar-refractivity contribution < 1.29 is 4.84 Å². The van der Waals surface area contributed by atoms with Crippen LogP contribution in [-0.2, 0) is 23.3 Å². The minimum atomic E-state index is -0.236. The summed E-state index contributed by atoms with van der Waals surface area (Å²) in [5.41, 5.74) is 7.60. The second-order valence-corrected chi connectivity index (χ2v) is 9.19. The zero-order chi connectivity index (χ0) is 22.8. The molecule has 2 aliphatic carbocycles. The monoisotopic (exact) mass is 445 g/mol. The van der Waals surface area contributed by atoms with E-state index in [1.54, 1.807) is 0 Å². The lowest BCUT2D eigenvalue weighted by molar-refractivity contribution is 0.130. The molecule has 0 amide bonds. The number of fused-ring (bicyclic) bond motifs is 1. The number of nitrogens with zero attached hydrogens (tertiary/aromatic N) is 2. The van der Waals surface area contributed by atoms with E-state index in [1.165, 1.54) is 11.1 Å². The van der Waals surface area contributed by atoms with Crippen molar-refractivity contribution >= 4 is 11.8 Å². The highest BCUT2D eigenvalue weighted by Gasteiger charge is 2.38. The molecule has 4 nitrogen and oxygen atoms in total. The summed E-state index contributed by atoms with van der Waals surface area (Å²) in [6.07, 6.45) is 7.66. The topological polar surface area (TPSA) is 50.3 Å². The molecule has 0 saturated heterocycles. The number of oxime groups is 1. The first-order valence-electron chi connectivity index (χ1n) is 12.0. The van der Waals surface area contributed by atoms with E-state index in [2.05, 4.69) is 95.2 Å². The van der Waals surface area contributed by atoms with Crippen molar-refractivity contribution in [3.8, 4) is 0 Å². The van der Waals surface area contributed by atoms with Gasteiger partial charge in [0.2, 0.25) is 0 Å². The molecule has 0 radical (unpaired) electrons. The van der Waals surface area contributed by atoms with E-state index in [1.807, 2.05) is 18.2 Å². The van der Waals surface area contributed by atoms with Crippen molar-refractivity contribution in [1.82, 2.24) is 10.2 Å². The van der Waals surface area contributed by atoms with E-state index >= 15 is 0 Å². The number of aromatic nitrogens is 2. The van der Waals surface area contributed by atoms with Gasteiger partial charge in [-0.05, 0) is 29.5 Å². The molecule has 0 unspecified atom stereocenters. The van der Waals surface area contributed by atoms with Gasteiger partial charge < -0.3 is 4.84 Å². The van der Waals surface area contributed by atoms with Crippen LogP contribution in [0.5, 0.6) is 0 Å². The number of hydrogen-bond donors (Lipinski definition) is 1. The predicted molar refractivity (Wildman–Crippen MR) is 135 cm³/mol. The third-order valence-electron chi connectivity index (χ3n) is 6.89. The van der Waals surface area contributed by atoms with Crippen LogP contribution in [0.1, 0.15) is 46.5 Å². The molecule has 1 saturated carbocycles. The lowest BCUT2D eigenvalue weighted by Gasteiger charge is -2.34. The fourth-order valence-corrected chi connectivity index (χ4v) is 4.91. The van der Waals surface area contributed by atoms with Crippen molar-refractivity contribution in [2.75, 3.05) is 0 Å². The number of allylic oxidation sites excluding steroid dienone is 1. The minimum Gasteiger partial charge on any atom is -0.391 e. The standard InChI is InChI=1S/C30H27N3O/c1-4-10-22(11-5-1)21-34-33-28(23-16-17-23)29-26-18-19-30(20-27(26)31-32-29,24-12-6-2-7-13-24)25-14-8-3-9-15-25/h1-15,18-19,23H,16-17,20-21H2,(H,31,32)/b33-28-. The Kier molecular flexibility index (Phi) is 5.34. The molecule has 0 bridgehead atoms. The van der Waals surface area contributed by atoms with Crippen LogP contribution >= 0.6 is 0 Å². The van der Waals surface area contributed by atoms with E-state index < -0.39 is 0 Å². The molecule has 1 N–H and O–H groups in total. The lowest BCUT2D eigenvalue weighted by Crippen LogP contribution is -2.30. The number of nitrogens with one attached hydrogen (secondary N) is 1. The van der Waals surface area contributed by atoms with Gasteiger partial charge in [-0.1, -0.05) is 108 Å². The molecule has 0 aliphatic heterocycles. The average Bonchev–Trinajstić information content (AvgIpc) is 3.67. The van der Waals surface area contributed by atoms with Gasteiger partial charge >= 0.3 is 0 Å². The first-order valence-corrected chi connectivity index (χ1v) is 12.0. The highest BCUT2D eigenvalue weighted by molar-refractivity contribution is 6.04. The Hall–Kier alpha value is -3.92. The molecular formula is C30H27N3O. The molecule has 0 atom stereocenters. The Morgan fingerprint density at radius 3 is 2.12 bits per heavy atom. The van der Waals surface area contributed by atoms with Crippen LogP contribution in [0, 0.1) is 5.92 Å². The molecule has 3 aromatic carbocycles. The summed E-state index contributed by atoms with van der Waals surface area (Å²) in [7, 11) is 0.